The number of ether oxygens (including phenoxy) is 1. The molecule has 31 heavy (non-hydrogen) atoms. The molecule has 0 spiro atoms. The molecule has 2 aromatic rings. The fourth-order valence-electron chi connectivity index (χ4n) is 2.62. The van der Waals surface area contributed by atoms with Crippen LogP contribution in [0.5, 0.6) is 0 Å². The number of hydrogen-bond acceptors (Lipinski definition) is 5. The number of primary amides is 1. The predicted octanol–water partition coefficient (Wildman–Crippen LogP) is 0.630. The number of amides is 4. The molecule has 2 aromatic carbocycles. The molecule has 0 radical (unpaired) electrons. The third-order valence-electron chi connectivity index (χ3n) is 4.33. The molecule has 164 valence electrons. The van der Waals surface area contributed by atoms with Gasteiger partial charge in [0.1, 0.15) is 18.7 Å². The van der Waals surface area contributed by atoms with Gasteiger partial charge in [0.2, 0.25) is 17.7 Å². The van der Waals surface area contributed by atoms with Crippen LogP contribution in [-0.2, 0) is 32.1 Å². The van der Waals surface area contributed by atoms with Crippen LogP contribution in [0.2, 0.25) is 0 Å². The summed E-state index contributed by atoms with van der Waals surface area (Å²) in [4.78, 5) is 47.8. The Labute approximate surface area is 180 Å². The van der Waals surface area contributed by atoms with Crippen LogP contribution >= 0.6 is 0 Å². The topological polar surface area (TPSA) is 140 Å². The normalized spacial score (nSPS) is 12.2. The summed E-state index contributed by atoms with van der Waals surface area (Å²) >= 11 is 0. The van der Waals surface area contributed by atoms with Crippen molar-refractivity contribution in [2.45, 2.75) is 32.0 Å². The van der Waals surface area contributed by atoms with E-state index in [9.17, 15) is 19.2 Å². The van der Waals surface area contributed by atoms with E-state index in [4.69, 9.17) is 10.5 Å². The number of rotatable bonds is 10. The van der Waals surface area contributed by atoms with Gasteiger partial charge in [-0.3, -0.25) is 14.4 Å². The van der Waals surface area contributed by atoms with Crippen LogP contribution in [0, 0.1) is 0 Å². The fraction of sp³-hybridized carbons (Fsp3) is 0.273. The molecule has 0 unspecified atom stereocenters. The summed E-state index contributed by atoms with van der Waals surface area (Å²) < 4.78 is 5.19. The summed E-state index contributed by atoms with van der Waals surface area (Å²) in [5, 5.41) is 7.35. The molecular weight excluding hydrogens is 400 g/mol. The lowest BCUT2D eigenvalue weighted by atomic mass is 10.1. The van der Waals surface area contributed by atoms with Gasteiger partial charge in [0.15, 0.2) is 0 Å². The van der Waals surface area contributed by atoms with Gasteiger partial charge >= 0.3 is 6.09 Å². The van der Waals surface area contributed by atoms with E-state index in [2.05, 4.69) is 16.0 Å². The van der Waals surface area contributed by atoms with Gasteiger partial charge in [-0.1, -0.05) is 60.7 Å². The maximum atomic E-state index is 12.6. The first kappa shape index (κ1) is 23.4. The molecule has 9 heteroatoms. The average molecular weight is 426 g/mol. The second-order valence-electron chi connectivity index (χ2n) is 6.86. The largest absolute Gasteiger partial charge is 0.445 e. The van der Waals surface area contributed by atoms with Gasteiger partial charge < -0.3 is 26.4 Å². The highest BCUT2D eigenvalue weighted by molar-refractivity contribution is 5.91. The van der Waals surface area contributed by atoms with Crippen molar-refractivity contribution in [2.75, 3.05) is 6.54 Å². The van der Waals surface area contributed by atoms with Crippen molar-refractivity contribution in [1.29, 1.82) is 0 Å². The zero-order valence-corrected chi connectivity index (χ0v) is 17.2. The molecule has 0 aliphatic heterocycles. The van der Waals surface area contributed by atoms with E-state index in [0.717, 1.165) is 11.1 Å². The number of benzene rings is 2. The van der Waals surface area contributed by atoms with Crippen LogP contribution in [0.25, 0.3) is 0 Å². The first-order chi connectivity index (χ1) is 14.8. The summed E-state index contributed by atoms with van der Waals surface area (Å²) in [6.07, 6.45) is -0.557. The van der Waals surface area contributed by atoms with Gasteiger partial charge in [-0.15, -0.1) is 0 Å². The number of carbonyl (C=O) groups excluding carboxylic acids is 4. The quantitative estimate of drug-likeness (QED) is 0.441. The summed E-state index contributed by atoms with van der Waals surface area (Å²) in [5.74, 6) is -1.84. The van der Waals surface area contributed by atoms with Gasteiger partial charge in [-0.2, -0.15) is 0 Å². The summed E-state index contributed by atoms with van der Waals surface area (Å²) in [5.41, 5.74) is 6.72. The maximum absolute atomic E-state index is 12.6. The number of nitrogens with one attached hydrogen (secondary N) is 3. The molecule has 5 N–H and O–H groups in total. The lowest BCUT2D eigenvalue weighted by molar-refractivity contribution is -0.129. The van der Waals surface area contributed by atoms with Crippen LogP contribution in [0.1, 0.15) is 18.1 Å². The Morgan fingerprint density at radius 2 is 1.48 bits per heavy atom. The second kappa shape index (κ2) is 12.0. The minimum Gasteiger partial charge on any atom is -0.445 e. The zero-order chi connectivity index (χ0) is 22.6. The van der Waals surface area contributed by atoms with Crippen molar-refractivity contribution in [3.05, 3.63) is 71.8 Å². The fourth-order valence-corrected chi connectivity index (χ4v) is 2.62. The molecule has 2 atom stereocenters. The average Bonchev–Trinajstić information content (AvgIpc) is 2.77. The molecule has 0 saturated carbocycles. The standard InChI is InChI=1S/C22H26N4O5/c1-15(20(23)28)25-19(27)13-24-21(29)18(12-16-8-4-2-5-9-16)26-22(30)31-14-17-10-6-3-7-11-17/h2-11,15,18H,12-14H2,1H3,(H2,23,28)(H,24,29)(H,25,27)(H,26,30)/t15-,18-/m1/s1. The van der Waals surface area contributed by atoms with Gasteiger partial charge in [0.25, 0.3) is 0 Å². The Balaban J connectivity index is 1.95. The van der Waals surface area contributed by atoms with E-state index >= 15 is 0 Å². The van der Waals surface area contributed by atoms with Crippen molar-refractivity contribution in [3.8, 4) is 0 Å². The molecule has 0 bridgehead atoms. The SMILES string of the molecule is C[C@@H](NC(=O)CNC(=O)[C@@H](Cc1ccccc1)NC(=O)OCc1ccccc1)C(N)=O. The van der Waals surface area contributed by atoms with E-state index in [1.807, 2.05) is 60.7 Å². The van der Waals surface area contributed by atoms with Crippen molar-refractivity contribution >= 4 is 23.8 Å². The van der Waals surface area contributed by atoms with Gasteiger partial charge in [0.05, 0.1) is 6.54 Å². The molecule has 0 aliphatic carbocycles. The molecule has 2 rings (SSSR count). The maximum Gasteiger partial charge on any atom is 0.408 e. The lowest BCUT2D eigenvalue weighted by Crippen LogP contribution is -2.51. The van der Waals surface area contributed by atoms with E-state index in [1.54, 1.807) is 0 Å². The van der Waals surface area contributed by atoms with Crippen LogP contribution in [-0.4, -0.2) is 42.4 Å². The molecule has 0 fully saturated rings. The molecule has 0 aromatic heterocycles. The molecule has 9 nitrogen and oxygen atoms in total. The first-order valence-corrected chi connectivity index (χ1v) is 9.72. The van der Waals surface area contributed by atoms with E-state index in [0.29, 0.717) is 0 Å². The highest BCUT2D eigenvalue weighted by Gasteiger charge is 2.23. The van der Waals surface area contributed by atoms with Crippen LogP contribution in [0.15, 0.2) is 60.7 Å². The van der Waals surface area contributed by atoms with Crippen LogP contribution in [0.4, 0.5) is 4.79 Å². The van der Waals surface area contributed by atoms with Crippen molar-refractivity contribution in [2.24, 2.45) is 5.73 Å². The Morgan fingerprint density at radius 1 is 0.903 bits per heavy atom. The van der Waals surface area contributed by atoms with Crippen molar-refractivity contribution < 1.29 is 23.9 Å². The minimum absolute atomic E-state index is 0.0553. The Kier molecular flexibility index (Phi) is 9.03. The Morgan fingerprint density at radius 3 is 2.06 bits per heavy atom. The summed E-state index contributed by atoms with van der Waals surface area (Å²) in [6, 6.07) is 16.4. The van der Waals surface area contributed by atoms with Gasteiger partial charge in [-0.25, -0.2) is 4.79 Å². The number of carbonyl (C=O) groups is 4. The van der Waals surface area contributed by atoms with E-state index < -0.39 is 35.9 Å². The Bertz CT molecular complexity index is 889. The van der Waals surface area contributed by atoms with Crippen LogP contribution < -0.4 is 21.7 Å². The minimum atomic E-state index is -0.966. The molecule has 0 heterocycles. The predicted molar refractivity (Wildman–Crippen MR) is 114 cm³/mol. The zero-order valence-electron chi connectivity index (χ0n) is 17.2. The van der Waals surface area contributed by atoms with Crippen LogP contribution in [0.3, 0.4) is 0 Å². The molecule has 0 saturated heterocycles. The molecule has 4 amide bonds. The van der Waals surface area contributed by atoms with Crippen molar-refractivity contribution in [3.63, 3.8) is 0 Å². The number of hydrogen-bond donors (Lipinski definition) is 4. The third-order valence-corrected chi connectivity index (χ3v) is 4.33. The monoisotopic (exact) mass is 426 g/mol. The third kappa shape index (κ3) is 8.57. The van der Waals surface area contributed by atoms with E-state index in [1.165, 1.54) is 6.92 Å². The highest BCUT2D eigenvalue weighted by Crippen LogP contribution is 2.05. The number of alkyl carbamates (subject to hydrolysis) is 1. The summed E-state index contributed by atoms with van der Waals surface area (Å²) in [6.45, 7) is 1.12. The van der Waals surface area contributed by atoms with E-state index in [-0.39, 0.29) is 19.6 Å². The second-order valence-corrected chi connectivity index (χ2v) is 6.86. The van der Waals surface area contributed by atoms with Gasteiger partial charge in [-0.05, 0) is 18.1 Å². The highest BCUT2D eigenvalue weighted by atomic mass is 16.5. The van der Waals surface area contributed by atoms with Crippen molar-refractivity contribution in [1.82, 2.24) is 16.0 Å². The lowest BCUT2D eigenvalue weighted by Gasteiger charge is -2.19. The first-order valence-electron chi connectivity index (χ1n) is 9.72. The van der Waals surface area contributed by atoms with Gasteiger partial charge in [0, 0.05) is 6.42 Å². The molecule has 0 aliphatic rings. The summed E-state index contributed by atoms with van der Waals surface area (Å²) in [7, 11) is 0. The smallest absolute Gasteiger partial charge is 0.408 e. The molecular formula is C22H26N4O5. The number of nitrogens with two attached hydrogens (primary N) is 1. The Hall–Kier alpha value is -3.88.